The van der Waals surface area contributed by atoms with E-state index in [2.05, 4.69) is 4.98 Å². The Morgan fingerprint density at radius 2 is 1.77 bits per heavy atom. The van der Waals surface area contributed by atoms with Gasteiger partial charge in [0.25, 0.3) is 5.91 Å². The zero-order valence-corrected chi connectivity index (χ0v) is 16.8. The van der Waals surface area contributed by atoms with E-state index in [0.29, 0.717) is 36.6 Å². The van der Waals surface area contributed by atoms with Crippen molar-refractivity contribution in [3.8, 4) is 0 Å². The summed E-state index contributed by atoms with van der Waals surface area (Å²) in [6, 6.07) is 10.2. The SMILES string of the molecule is COCCN(Cc1nccn1Cc1ccc(C(F)(F)F)cc1)C(=O)c1ccc(F)cc1. The second kappa shape index (κ2) is 9.74. The number of carbonyl (C=O) groups is 1. The van der Waals surface area contributed by atoms with Gasteiger partial charge in [-0.2, -0.15) is 13.2 Å². The molecule has 0 fully saturated rings. The van der Waals surface area contributed by atoms with Crippen LogP contribution in [0.2, 0.25) is 0 Å². The van der Waals surface area contributed by atoms with Crippen molar-refractivity contribution in [3.63, 3.8) is 0 Å². The molecular weight excluding hydrogens is 414 g/mol. The van der Waals surface area contributed by atoms with Crippen molar-refractivity contribution in [1.29, 1.82) is 0 Å². The van der Waals surface area contributed by atoms with E-state index in [1.54, 1.807) is 17.0 Å². The molecule has 0 saturated heterocycles. The number of carbonyl (C=O) groups excluding carboxylic acids is 1. The highest BCUT2D eigenvalue weighted by atomic mass is 19.4. The van der Waals surface area contributed by atoms with E-state index in [-0.39, 0.29) is 12.5 Å². The Morgan fingerprint density at radius 1 is 1.10 bits per heavy atom. The summed E-state index contributed by atoms with van der Waals surface area (Å²) in [7, 11) is 1.52. The normalized spacial score (nSPS) is 11.5. The quantitative estimate of drug-likeness (QED) is 0.494. The lowest BCUT2D eigenvalue weighted by Crippen LogP contribution is -2.34. The van der Waals surface area contributed by atoms with Gasteiger partial charge in [0.2, 0.25) is 0 Å². The molecule has 0 bridgehead atoms. The number of alkyl halides is 3. The van der Waals surface area contributed by atoms with Crippen LogP contribution in [-0.2, 0) is 24.0 Å². The van der Waals surface area contributed by atoms with Gasteiger partial charge < -0.3 is 14.2 Å². The Morgan fingerprint density at radius 3 is 2.39 bits per heavy atom. The van der Waals surface area contributed by atoms with Crippen LogP contribution in [0.1, 0.15) is 27.3 Å². The topological polar surface area (TPSA) is 47.4 Å². The number of amides is 1. The second-order valence-electron chi connectivity index (χ2n) is 6.89. The van der Waals surface area contributed by atoms with Crippen LogP contribution in [0.5, 0.6) is 0 Å². The number of hydrogen-bond acceptors (Lipinski definition) is 3. The molecule has 0 spiro atoms. The lowest BCUT2D eigenvalue weighted by atomic mass is 10.1. The molecule has 5 nitrogen and oxygen atoms in total. The molecule has 0 atom stereocenters. The molecule has 0 unspecified atom stereocenters. The Bertz CT molecular complexity index is 999. The maximum Gasteiger partial charge on any atom is 0.416 e. The highest BCUT2D eigenvalue weighted by Gasteiger charge is 2.30. The minimum atomic E-state index is -4.39. The highest BCUT2D eigenvalue weighted by Crippen LogP contribution is 2.29. The molecule has 0 aliphatic carbocycles. The van der Waals surface area contributed by atoms with E-state index in [1.807, 2.05) is 0 Å². The maximum atomic E-state index is 13.2. The van der Waals surface area contributed by atoms with Gasteiger partial charge in [0.1, 0.15) is 11.6 Å². The molecule has 3 aromatic rings. The first-order chi connectivity index (χ1) is 14.8. The van der Waals surface area contributed by atoms with Gasteiger partial charge in [0, 0.05) is 38.2 Å². The Kier molecular flexibility index (Phi) is 7.06. The van der Waals surface area contributed by atoms with Gasteiger partial charge in [-0.1, -0.05) is 12.1 Å². The fourth-order valence-corrected chi connectivity index (χ4v) is 3.03. The summed E-state index contributed by atoms with van der Waals surface area (Å²) in [5.74, 6) is -0.181. The third kappa shape index (κ3) is 5.91. The molecule has 0 N–H and O–H groups in total. The molecular formula is C22H21F4N3O2. The first-order valence-corrected chi connectivity index (χ1v) is 9.48. The fraction of sp³-hybridized carbons (Fsp3) is 0.273. The van der Waals surface area contributed by atoms with Crippen molar-refractivity contribution >= 4 is 5.91 Å². The minimum Gasteiger partial charge on any atom is -0.383 e. The first kappa shape index (κ1) is 22.5. The predicted molar refractivity (Wildman–Crippen MR) is 106 cm³/mol. The summed E-state index contributed by atoms with van der Waals surface area (Å²) in [5.41, 5.74) is 0.289. The van der Waals surface area contributed by atoms with Crippen LogP contribution in [0.25, 0.3) is 0 Å². The van der Waals surface area contributed by atoms with Gasteiger partial charge in [0.15, 0.2) is 0 Å². The van der Waals surface area contributed by atoms with Crippen molar-refractivity contribution in [3.05, 3.63) is 89.3 Å². The van der Waals surface area contributed by atoms with E-state index >= 15 is 0 Å². The van der Waals surface area contributed by atoms with Gasteiger partial charge in [0.05, 0.1) is 18.7 Å². The minimum absolute atomic E-state index is 0.160. The van der Waals surface area contributed by atoms with E-state index in [4.69, 9.17) is 4.74 Å². The average Bonchev–Trinajstić information content (AvgIpc) is 3.17. The van der Waals surface area contributed by atoms with Crippen LogP contribution >= 0.6 is 0 Å². The summed E-state index contributed by atoms with van der Waals surface area (Å²) < 4.78 is 58.3. The molecule has 0 saturated carbocycles. The van der Waals surface area contributed by atoms with Crippen molar-refractivity contribution < 1.29 is 27.1 Å². The van der Waals surface area contributed by atoms with Crippen LogP contribution in [0.15, 0.2) is 60.9 Å². The molecule has 0 radical (unpaired) electrons. The lowest BCUT2D eigenvalue weighted by molar-refractivity contribution is -0.137. The van der Waals surface area contributed by atoms with Crippen molar-refractivity contribution in [2.45, 2.75) is 19.3 Å². The number of nitrogens with zero attached hydrogens (tertiary/aromatic N) is 3. The number of rotatable bonds is 8. The molecule has 0 aliphatic heterocycles. The van der Waals surface area contributed by atoms with E-state index in [1.165, 1.54) is 48.4 Å². The largest absolute Gasteiger partial charge is 0.416 e. The van der Waals surface area contributed by atoms with Gasteiger partial charge in [-0.3, -0.25) is 4.79 Å². The van der Waals surface area contributed by atoms with Gasteiger partial charge in [-0.25, -0.2) is 9.37 Å². The number of halogens is 4. The predicted octanol–water partition coefficient (Wildman–Crippen LogP) is 4.38. The molecule has 3 rings (SSSR count). The molecule has 1 amide bonds. The Balaban J connectivity index is 1.76. The molecule has 1 heterocycles. The smallest absolute Gasteiger partial charge is 0.383 e. The zero-order valence-electron chi connectivity index (χ0n) is 16.8. The molecule has 0 aliphatic rings. The van der Waals surface area contributed by atoms with Crippen LogP contribution in [0.4, 0.5) is 17.6 Å². The second-order valence-corrected chi connectivity index (χ2v) is 6.89. The zero-order chi connectivity index (χ0) is 22.4. The summed E-state index contributed by atoms with van der Waals surface area (Å²) in [5, 5.41) is 0. The number of ether oxygens (including phenoxy) is 1. The lowest BCUT2D eigenvalue weighted by Gasteiger charge is -2.23. The van der Waals surface area contributed by atoms with E-state index < -0.39 is 17.6 Å². The third-order valence-electron chi connectivity index (χ3n) is 4.71. The van der Waals surface area contributed by atoms with E-state index in [0.717, 1.165) is 12.1 Å². The van der Waals surface area contributed by atoms with Crippen LogP contribution in [0, 0.1) is 5.82 Å². The van der Waals surface area contributed by atoms with Crippen molar-refractivity contribution in [2.24, 2.45) is 0 Å². The number of imidazole rings is 1. The standard InChI is InChI=1S/C22H21F4N3O2/c1-31-13-12-29(21(30)17-4-8-19(23)9-5-17)15-20-27-10-11-28(20)14-16-2-6-18(7-3-16)22(24,25)26/h2-11H,12-15H2,1H3. The fourth-order valence-electron chi connectivity index (χ4n) is 3.03. The number of benzene rings is 2. The first-order valence-electron chi connectivity index (χ1n) is 9.48. The molecule has 2 aromatic carbocycles. The Hall–Kier alpha value is -3.20. The van der Waals surface area contributed by atoms with E-state index in [9.17, 15) is 22.4 Å². The summed E-state index contributed by atoms with van der Waals surface area (Å²) in [6.07, 6.45) is -1.12. The number of hydrogen-bond donors (Lipinski definition) is 0. The van der Waals surface area contributed by atoms with Crippen molar-refractivity contribution in [2.75, 3.05) is 20.3 Å². The highest BCUT2D eigenvalue weighted by molar-refractivity contribution is 5.94. The summed E-state index contributed by atoms with van der Waals surface area (Å²) in [6.45, 7) is 1.05. The van der Waals surface area contributed by atoms with Crippen molar-refractivity contribution in [1.82, 2.24) is 14.5 Å². The van der Waals surface area contributed by atoms with Gasteiger partial charge in [-0.15, -0.1) is 0 Å². The van der Waals surface area contributed by atoms with Gasteiger partial charge >= 0.3 is 6.18 Å². The summed E-state index contributed by atoms with van der Waals surface area (Å²) in [4.78, 5) is 18.7. The van der Waals surface area contributed by atoms with Gasteiger partial charge in [-0.05, 0) is 42.0 Å². The number of methoxy groups -OCH3 is 1. The third-order valence-corrected chi connectivity index (χ3v) is 4.71. The van der Waals surface area contributed by atoms with Crippen LogP contribution in [0.3, 0.4) is 0 Å². The molecule has 9 heteroatoms. The molecule has 1 aromatic heterocycles. The maximum absolute atomic E-state index is 13.2. The monoisotopic (exact) mass is 435 g/mol. The number of aromatic nitrogens is 2. The van der Waals surface area contributed by atoms with Crippen LogP contribution in [-0.4, -0.2) is 40.6 Å². The summed E-state index contributed by atoms with van der Waals surface area (Å²) >= 11 is 0. The Labute approximate surface area is 176 Å². The molecule has 164 valence electrons. The molecule has 31 heavy (non-hydrogen) atoms. The van der Waals surface area contributed by atoms with Crippen LogP contribution < -0.4 is 0 Å². The average molecular weight is 435 g/mol.